The third kappa shape index (κ3) is 3.89. The van der Waals surface area contributed by atoms with Gasteiger partial charge in [-0.2, -0.15) is 0 Å². The van der Waals surface area contributed by atoms with E-state index in [0.29, 0.717) is 5.82 Å². The Bertz CT molecular complexity index is 330. The monoisotopic (exact) mass is 249 g/mol. The molecule has 0 aromatic carbocycles. The van der Waals surface area contributed by atoms with Gasteiger partial charge in [-0.15, -0.1) is 0 Å². The Morgan fingerprint density at radius 2 is 2.00 bits per heavy atom. The molecule has 0 fully saturated rings. The molecule has 1 aromatic rings. The molecule has 0 aliphatic rings. The summed E-state index contributed by atoms with van der Waals surface area (Å²) in [7, 11) is 0. The molecular weight excluding hydrogens is 236 g/mol. The van der Waals surface area contributed by atoms with E-state index in [0.717, 1.165) is 5.56 Å². The molecular formula is C10H14ClF2N3. The van der Waals surface area contributed by atoms with Crippen LogP contribution in [0.2, 0.25) is 5.28 Å². The molecule has 0 amide bonds. The predicted molar refractivity (Wildman–Crippen MR) is 60.4 cm³/mol. The average molecular weight is 250 g/mol. The summed E-state index contributed by atoms with van der Waals surface area (Å²) in [6, 6.07) is -0.264. The summed E-state index contributed by atoms with van der Waals surface area (Å²) in [5.41, 5.74) is 0.798. The molecule has 6 heteroatoms. The van der Waals surface area contributed by atoms with Crippen LogP contribution in [0.4, 0.5) is 14.6 Å². The minimum atomic E-state index is -0.491. The van der Waals surface area contributed by atoms with Crippen molar-refractivity contribution in [2.45, 2.75) is 25.8 Å². The summed E-state index contributed by atoms with van der Waals surface area (Å²) in [4.78, 5) is 7.78. The number of hydrogen-bond acceptors (Lipinski definition) is 3. The van der Waals surface area contributed by atoms with Crippen LogP contribution < -0.4 is 5.32 Å². The van der Waals surface area contributed by atoms with Gasteiger partial charge >= 0.3 is 0 Å². The third-order valence-corrected chi connectivity index (χ3v) is 2.38. The van der Waals surface area contributed by atoms with Crippen molar-refractivity contribution in [3.05, 3.63) is 17.0 Å². The SMILES string of the molecule is Cc1cnc(Cl)nc1NC(CCF)CCF. The van der Waals surface area contributed by atoms with E-state index in [1.807, 2.05) is 0 Å². The van der Waals surface area contributed by atoms with Crippen molar-refractivity contribution in [3.63, 3.8) is 0 Å². The molecule has 0 aliphatic heterocycles. The number of nitrogens with one attached hydrogen (secondary N) is 1. The van der Waals surface area contributed by atoms with Gasteiger partial charge < -0.3 is 5.32 Å². The summed E-state index contributed by atoms with van der Waals surface area (Å²) in [6.07, 6.45) is 2.08. The average Bonchev–Trinajstić information content (AvgIpc) is 2.24. The van der Waals surface area contributed by atoms with Gasteiger partial charge in [0, 0.05) is 17.8 Å². The molecule has 1 heterocycles. The Labute approximate surface area is 98.2 Å². The number of alkyl halides is 2. The van der Waals surface area contributed by atoms with Crippen molar-refractivity contribution in [2.75, 3.05) is 18.7 Å². The molecule has 0 atom stereocenters. The highest BCUT2D eigenvalue weighted by atomic mass is 35.5. The summed E-state index contributed by atoms with van der Waals surface area (Å²) in [6.45, 7) is 0.825. The standard InChI is InChI=1S/C10H14ClF2N3/c1-7-6-14-10(11)16-9(7)15-8(2-4-12)3-5-13/h6,8H,2-5H2,1H3,(H,14,15,16). The molecule has 1 N–H and O–H groups in total. The molecule has 0 unspecified atom stereocenters. The quantitative estimate of drug-likeness (QED) is 0.788. The highest BCUT2D eigenvalue weighted by molar-refractivity contribution is 6.28. The van der Waals surface area contributed by atoms with Crippen molar-refractivity contribution in [3.8, 4) is 0 Å². The topological polar surface area (TPSA) is 37.8 Å². The lowest BCUT2D eigenvalue weighted by atomic mass is 10.1. The summed E-state index contributed by atoms with van der Waals surface area (Å²) >= 11 is 5.64. The first-order valence-corrected chi connectivity index (χ1v) is 5.42. The maximum Gasteiger partial charge on any atom is 0.224 e. The Morgan fingerprint density at radius 1 is 1.38 bits per heavy atom. The molecule has 0 radical (unpaired) electrons. The fourth-order valence-electron chi connectivity index (χ4n) is 1.31. The van der Waals surface area contributed by atoms with Gasteiger partial charge in [0.05, 0.1) is 13.3 Å². The van der Waals surface area contributed by atoms with Crippen molar-refractivity contribution in [2.24, 2.45) is 0 Å². The second kappa shape index (κ2) is 6.58. The zero-order valence-electron chi connectivity index (χ0n) is 9.01. The molecule has 0 aliphatic carbocycles. The van der Waals surface area contributed by atoms with Gasteiger partial charge in [0.1, 0.15) is 5.82 Å². The van der Waals surface area contributed by atoms with Gasteiger partial charge in [0.2, 0.25) is 5.28 Å². The Morgan fingerprint density at radius 3 is 2.56 bits per heavy atom. The molecule has 0 bridgehead atoms. The van der Waals surface area contributed by atoms with Gasteiger partial charge in [0.15, 0.2) is 0 Å². The van der Waals surface area contributed by atoms with Gasteiger partial charge in [-0.3, -0.25) is 8.78 Å². The lowest BCUT2D eigenvalue weighted by molar-refractivity contribution is 0.397. The summed E-state index contributed by atoms with van der Waals surface area (Å²) in [5.74, 6) is 0.534. The normalized spacial score (nSPS) is 10.8. The van der Waals surface area contributed by atoms with Crippen LogP contribution in [0.25, 0.3) is 0 Å². The number of anilines is 1. The van der Waals surface area contributed by atoms with Crippen LogP contribution >= 0.6 is 11.6 Å². The smallest absolute Gasteiger partial charge is 0.224 e. The fraction of sp³-hybridized carbons (Fsp3) is 0.600. The summed E-state index contributed by atoms with van der Waals surface area (Å²) < 4.78 is 24.5. The van der Waals surface area contributed by atoms with Crippen LogP contribution in [0.3, 0.4) is 0 Å². The molecule has 0 spiro atoms. The van der Waals surface area contributed by atoms with Crippen molar-refractivity contribution < 1.29 is 8.78 Å². The van der Waals surface area contributed by atoms with Crippen LogP contribution in [0, 0.1) is 6.92 Å². The number of hydrogen-bond donors (Lipinski definition) is 1. The number of halogens is 3. The molecule has 16 heavy (non-hydrogen) atoms. The Kier molecular flexibility index (Phi) is 5.38. The molecule has 90 valence electrons. The number of nitrogens with zero attached hydrogens (tertiary/aromatic N) is 2. The highest BCUT2D eigenvalue weighted by Gasteiger charge is 2.11. The first-order valence-electron chi connectivity index (χ1n) is 5.05. The van der Waals surface area contributed by atoms with Crippen LogP contribution in [-0.4, -0.2) is 29.4 Å². The van der Waals surface area contributed by atoms with Crippen molar-refractivity contribution in [1.29, 1.82) is 0 Å². The van der Waals surface area contributed by atoms with Gasteiger partial charge in [-0.25, -0.2) is 9.97 Å². The van der Waals surface area contributed by atoms with E-state index in [1.165, 1.54) is 0 Å². The van der Waals surface area contributed by atoms with Gasteiger partial charge in [-0.1, -0.05) is 0 Å². The maximum absolute atomic E-state index is 12.2. The molecule has 0 saturated carbocycles. The number of rotatable bonds is 6. The highest BCUT2D eigenvalue weighted by Crippen LogP contribution is 2.16. The van der Waals surface area contributed by atoms with E-state index in [4.69, 9.17) is 11.6 Å². The van der Waals surface area contributed by atoms with E-state index >= 15 is 0 Å². The van der Waals surface area contributed by atoms with E-state index in [9.17, 15) is 8.78 Å². The second-order valence-electron chi connectivity index (χ2n) is 3.47. The maximum atomic E-state index is 12.2. The van der Waals surface area contributed by atoms with Gasteiger partial charge in [0.25, 0.3) is 0 Å². The van der Waals surface area contributed by atoms with Crippen LogP contribution in [0.5, 0.6) is 0 Å². The van der Waals surface area contributed by atoms with Crippen LogP contribution in [0.1, 0.15) is 18.4 Å². The second-order valence-corrected chi connectivity index (χ2v) is 3.81. The Hall–Kier alpha value is -0.970. The molecule has 3 nitrogen and oxygen atoms in total. The number of aryl methyl sites for hydroxylation is 1. The zero-order valence-corrected chi connectivity index (χ0v) is 9.77. The van der Waals surface area contributed by atoms with Crippen LogP contribution in [0.15, 0.2) is 6.20 Å². The van der Waals surface area contributed by atoms with Gasteiger partial charge in [-0.05, 0) is 31.4 Å². The first-order chi connectivity index (χ1) is 7.67. The molecule has 1 rings (SSSR count). The molecule has 0 saturated heterocycles. The number of aromatic nitrogens is 2. The first kappa shape index (κ1) is 13.1. The predicted octanol–water partition coefficient (Wildman–Crippen LogP) is 2.94. The zero-order chi connectivity index (χ0) is 12.0. The minimum absolute atomic E-state index is 0.118. The largest absolute Gasteiger partial charge is 0.367 e. The van der Waals surface area contributed by atoms with E-state index in [1.54, 1.807) is 13.1 Å². The van der Waals surface area contributed by atoms with Crippen LogP contribution in [-0.2, 0) is 0 Å². The van der Waals surface area contributed by atoms with E-state index in [-0.39, 0.29) is 24.2 Å². The van der Waals surface area contributed by atoms with E-state index < -0.39 is 13.3 Å². The molecule has 1 aromatic heterocycles. The third-order valence-electron chi connectivity index (χ3n) is 2.20. The van der Waals surface area contributed by atoms with Crippen molar-refractivity contribution in [1.82, 2.24) is 9.97 Å². The van der Waals surface area contributed by atoms with E-state index in [2.05, 4.69) is 15.3 Å². The van der Waals surface area contributed by atoms with Crippen molar-refractivity contribution >= 4 is 17.4 Å². The Balaban J connectivity index is 2.71. The lowest BCUT2D eigenvalue weighted by Gasteiger charge is -2.17. The lowest BCUT2D eigenvalue weighted by Crippen LogP contribution is -2.22. The minimum Gasteiger partial charge on any atom is -0.367 e. The summed E-state index contributed by atoms with van der Waals surface area (Å²) in [5, 5.41) is 3.09. The fourth-order valence-corrected chi connectivity index (χ4v) is 1.45.